The number of nitrogens with one attached hydrogen (secondary N) is 1. The highest BCUT2D eigenvalue weighted by molar-refractivity contribution is 6.23. The van der Waals surface area contributed by atoms with Gasteiger partial charge in [0.2, 0.25) is 0 Å². The van der Waals surface area contributed by atoms with Crippen LogP contribution in [0.5, 0.6) is 11.5 Å². The number of amides is 2. The Kier molecular flexibility index (Phi) is 5.03. The highest BCUT2D eigenvalue weighted by Gasteiger charge is 2.40. The Morgan fingerprint density at radius 3 is 2.23 bits per heavy atom. The minimum atomic E-state index is -0.919. The zero-order chi connectivity index (χ0) is 21.4. The van der Waals surface area contributed by atoms with E-state index in [1.807, 2.05) is 12.1 Å². The van der Waals surface area contributed by atoms with E-state index >= 15 is 0 Å². The van der Waals surface area contributed by atoms with Gasteiger partial charge in [0.1, 0.15) is 6.04 Å². The molecule has 2 aliphatic rings. The van der Waals surface area contributed by atoms with E-state index in [2.05, 4.69) is 5.32 Å². The number of ether oxygens (including phenoxy) is 2. The van der Waals surface area contributed by atoms with Crippen molar-refractivity contribution in [2.45, 2.75) is 19.4 Å². The molecule has 4 rings (SSSR count). The summed E-state index contributed by atoms with van der Waals surface area (Å²) in [5, 5.41) is 3.24. The maximum Gasteiger partial charge on any atom is 0.262 e. The number of hydrogen-bond donors (Lipinski definition) is 1. The summed E-state index contributed by atoms with van der Waals surface area (Å²) >= 11 is 0. The summed E-state index contributed by atoms with van der Waals surface area (Å²) in [6.07, 6.45) is 2.23. The van der Waals surface area contributed by atoms with Crippen LogP contribution in [0.4, 0.5) is 0 Å². The molecule has 2 aromatic rings. The molecule has 2 aliphatic heterocycles. The summed E-state index contributed by atoms with van der Waals surface area (Å²) < 4.78 is 10.8. The fourth-order valence-electron chi connectivity index (χ4n) is 3.88. The Bertz CT molecular complexity index is 1050. The molecule has 0 saturated carbocycles. The third kappa shape index (κ3) is 3.12. The molecule has 0 saturated heterocycles. The monoisotopic (exact) mass is 406 g/mol. The molecular weight excluding hydrogens is 384 g/mol. The topological polar surface area (TPSA) is 84.9 Å². The number of rotatable bonds is 5. The Labute approximate surface area is 174 Å². The Hall–Kier alpha value is -3.61. The summed E-state index contributed by atoms with van der Waals surface area (Å²) in [5.74, 6) is -0.0407. The fraction of sp³-hybridized carbons (Fsp3) is 0.261. The van der Waals surface area contributed by atoms with Gasteiger partial charge < -0.3 is 14.8 Å². The van der Waals surface area contributed by atoms with Crippen LogP contribution in [-0.4, -0.2) is 49.3 Å². The van der Waals surface area contributed by atoms with Gasteiger partial charge in [-0.05, 0) is 43.2 Å². The van der Waals surface area contributed by atoms with Crippen LogP contribution in [0.25, 0.3) is 5.70 Å². The van der Waals surface area contributed by atoms with Gasteiger partial charge in [0.15, 0.2) is 17.3 Å². The molecule has 1 N–H and O–H groups in total. The fourth-order valence-corrected chi connectivity index (χ4v) is 3.88. The summed E-state index contributed by atoms with van der Waals surface area (Å²) in [6, 6.07) is 9.41. The predicted molar refractivity (Wildman–Crippen MR) is 111 cm³/mol. The van der Waals surface area contributed by atoms with Gasteiger partial charge in [-0.15, -0.1) is 0 Å². The third-order valence-corrected chi connectivity index (χ3v) is 5.52. The van der Waals surface area contributed by atoms with E-state index in [0.717, 1.165) is 22.4 Å². The second-order valence-electron chi connectivity index (χ2n) is 7.20. The maximum absolute atomic E-state index is 13.0. The SMILES string of the molecule is COc1cc2c(cc1OC)/C(=C/C(=O)C(C)N1C(=O)c3ccccc3C1=O)NCC2. The van der Waals surface area contributed by atoms with Crippen molar-refractivity contribution in [2.75, 3.05) is 20.8 Å². The van der Waals surface area contributed by atoms with Crippen LogP contribution in [0, 0.1) is 0 Å². The minimum absolute atomic E-state index is 0.327. The Balaban J connectivity index is 1.65. The summed E-state index contributed by atoms with van der Waals surface area (Å²) in [4.78, 5) is 39.4. The molecule has 7 nitrogen and oxygen atoms in total. The normalized spacial score (nSPS) is 17.3. The van der Waals surface area contributed by atoms with E-state index in [4.69, 9.17) is 9.47 Å². The lowest BCUT2D eigenvalue weighted by molar-refractivity contribution is -0.117. The minimum Gasteiger partial charge on any atom is -0.493 e. The van der Waals surface area contributed by atoms with Gasteiger partial charge in [-0.2, -0.15) is 0 Å². The Morgan fingerprint density at radius 1 is 1.03 bits per heavy atom. The number of methoxy groups -OCH3 is 2. The molecule has 2 amide bonds. The quantitative estimate of drug-likeness (QED) is 0.607. The molecule has 0 fully saturated rings. The molecule has 2 heterocycles. The number of fused-ring (bicyclic) bond motifs is 2. The van der Waals surface area contributed by atoms with Crippen LogP contribution in [0.1, 0.15) is 38.8 Å². The van der Waals surface area contributed by atoms with Crippen LogP contribution in [0.15, 0.2) is 42.5 Å². The molecule has 7 heteroatoms. The van der Waals surface area contributed by atoms with Gasteiger partial charge in [-0.3, -0.25) is 19.3 Å². The van der Waals surface area contributed by atoms with Crippen molar-refractivity contribution in [1.82, 2.24) is 10.2 Å². The molecule has 154 valence electrons. The number of carbonyl (C=O) groups excluding carboxylic acids is 3. The zero-order valence-corrected chi connectivity index (χ0v) is 17.0. The lowest BCUT2D eigenvalue weighted by atomic mass is 9.95. The van der Waals surface area contributed by atoms with Gasteiger partial charge in [-0.1, -0.05) is 12.1 Å². The third-order valence-electron chi connectivity index (χ3n) is 5.52. The van der Waals surface area contributed by atoms with Gasteiger partial charge in [0.25, 0.3) is 11.8 Å². The van der Waals surface area contributed by atoms with Crippen molar-refractivity contribution in [1.29, 1.82) is 0 Å². The standard InChI is InChI=1S/C23H22N2O5/c1-13(25-22(27)15-6-4-5-7-16(15)23(25)28)19(26)12-18-17-11-21(30-3)20(29-2)10-14(17)8-9-24-18/h4-7,10-13,24H,8-9H2,1-3H3/b18-12-. The van der Waals surface area contributed by atoms with E-state index in [1.165, 1.54) is 6.08 Å². The van der Waals surface area contributed by atoms with Crippen LogP contribution >= 0.6 is 0 Å². The molecule has 2 aromatic carbocycles. The van der Waals surface area contributed by atoms with Crippen molar-refractivity contribution in [3.63, 3.8) is 0 Å². The second-order valence-corrected chi connectivity index (χ2v) is 7.20. The molecule has 1 unspecified atom stereocenters. The molecule has 0 aromatic heterocycles. The van der Waals surface area contributed by atoms with E-state index in [1.54, 1.807) is 45.4 Å². The molecule has 0 bridgehead atoms. The molecule has 0 radical (unpaired) electrons. The number of benzene rings is 2. The largest absolute Gasteiger partial charge is 0.493 e. The molecule has 0 aliphatic carbocycles. The highest BCUT2D eigenvalue weighted by atomic mass is 16.5. The van der Waals surface area contributed by atoms with E-state index in [-0.39, 0.29) is 5.78 Å². The summed E-state index contributed by atoms with van der Waals surface area (Å²) in [5.41, 5.74) is 3.15. The van der Waals surface area contributed by atoms with Crippen molar-refractivity contribution in [3.05, 3.63) is 64.7 Å². The van der Waals surface area contributed by atoms with Gasteiger partial charge >= 0.3 is 0 Å². The maximum atomic E-state index is 13.0. The number of imide groups is 1. The molecular formula is C23H22N2O5. The smallest absolute Gasteiger partial charge is 0.262 e. The number of ketones is 1. The lowest BCUT2D eigenvalue weighted by Gasteiger charge is -2.24. The molecule has 0 spiro atoms. The van der Waals surface area contributed by atoms with Gasteiger partial charge in [-0.25, -0.2) is 0 Å². The first kappa shape index (κ1) is 19.7. The lowest BCUT2D eigenvalue weighted by Crippen LogP contribution is -2.42. The van der Waals surface area contributed by atoms with Crippen LogP contribution in [-0.2, 0) is 11.2 Å². The molecule has 30 heavy (non-hydrogen) atoms. The predicted octanol–water partition coefficient (Wildman–Crippen LogP) is 2.44. The zero-order valence-electron chi connectivity index (χ0n) is 17.0. The van der Waals surface area contributed by atoms with Gasteiger partial charge in [0.05, 0.1) is 25.3 Å². The van der Waals surface area contributed by atoms with Crippen molar-refractivity contribution in [2.24, 2.45) is 0 Å². The first-order chi connectivity index (χ1) is 14.5. The summed E-state index contributed by atoms with van der Waals surface area (Å²) in [7, 11) is 3.13. The van der Waals surface area contributed by atoms with Crippen molar-refractivity contribution in [3.8, 4) is 11.5 Å². The first-order valence-electron chi connectivity index (χ1n) is 9.68. The van der Waals surface area contributed by atoms with Crippen LogP contribution in [0.3, 0.4) is 0 Å². The van der Waals surface area contributed by atoms with Gasteiger partial charge in [0, 0.05) is 23.9 Å². The summed E-state index contributed by atoms with van der Waals surface area (Å²) in [6.45, 7) is 2.22. The second kappa shape index (κ2) is 7.67. The van der Waals surface area contributed by atoms with Crippen molar-refractivity contribution < 1.29 is 23.9 Å². The van der Waals surface area contributed by atoms with E-state index < -0.39 is 17.9 Å². The first-order valence-corrected chi connectivity index (χ1v) is 9.68. The van der Waals surface area contributed by atoms with Crippen LogP contribution in [0.2, 0.25) is 0 Å². The molecule has 1 atom stereocenters. The average Bonchev–Trinajstić information content (AvgIpc) is 3.02. The van der Waals surface area contributed by atoms with E-state index in [0.29, 0.717) is 34.9 Å². The average molecular weight is 406 g/mol. The van der Waals surface area contributed by atoms with Crippen LogP contribution < -0.4 is 14.8 Å². The number of hydrogen-bond acceptors (Lipinski definition) is 6. The Morgan fingerprint density at radius 2 is 1.63 bits per heavy atom. The number of carbonyl (C=O) groups is 3. The number of nitrogens with zero attached hydrogens (tertiary/aromatic N) is 1. The van der Waals surface area contributed by atoms with Crippen molar-refractivity contribution >= 4 is 23.3 Å². The van der Waals surface area contributed by atoms with E-state index in [9.17, 15) is 14.4 Å². The highest BCUT2D eigenvalue weighted by Crippen LogP contribution is 2.35.